The fourth-order valence-electron chi connectivity index (χ4n) is 3.28. The summed E-state index contributed by atoms with van der Waals surface area (Å²) in [6, 6.07) is 3.61. The summed E-state index contributed by atoms with van der Waals surface area (Å²) in [5.74, 6) is 0.512. The molecule has 0 radical (unpaired) electrons. The Kier molecular flexibility index (Phi) is 4.71. The number of aryl methyl sites for hydroxylation is 2. The number of likely N-dealkylation sites (tertiary alicyclic amines) is 1. The maximum Gasteiger partial charge on any atom is 0.257 e. The molecule has 0 aromatic carbocycles. The third-order valence-corrected chi connectivity index (χ3v) is 4.68. The minimum atomic E-state index is -0.859. The van der Waals surface area contributed by atoms with E-state index >= 15 is 0 Å². The number of furan rings is 1. The normalized spacial score (nSPS) is 21.3. The Labute approximate surface area is 140 Å². The number of hydrogen-bond donors (Lipinski definition) is 0. The fourth-order valence-corrected chi connectivity index (χ4v) is 3.28. The van der Waals surface area contributed by atoms with Gasteiger partial charge in [-0.2, -0.15) is 5.10 Å². The summed E-state index contributed by atoms with van der Waals surface area (Å²) in [5.41, 5.74) is 1.60. The van der Waals surface area contributed by atoms with E-state index in [-0.39, 0.29) is 11.9 Å². The molecule has 1 aliphatic rings. The molecule has 2 aromatic heterocycles. The first kappa shape index (κ1) is 16.7. The van der Waals surface area contributed by atoms with Crippen molar-refractivity contribution < 1.29 is 13.6 Å². The zero-order valence-electron chi connectivity index (χ0n) is 14.3. The van der Waals surface area contributed by atoms with Crippen LogP contribution in [0.2, 0.25) is 0 Å². The van der Waals surface area contributed by atoms with Gasteiger partial charge in [0, 0.05) is 46.0 Å². The molecule has 0 saturated carbocycles. The first-order valence-electron chi connectivity index (χ1n) is 8.10. The molecular weight excluding hydrogens is 311 g/mol. The van der Waals surface area contributed by atoms with Crippen molar-refractivity contribution >= 4 is 5.91 Å². The Morgan fingerprint density at radius 3 is 2.92 bits per heavy atom. The van der Waals surface area contributed by atoms with Crippen molar-refractivity contribution in [3.8, 4) is 0 Å². The van der Waals surface area contributed by atoms with Gasteiger partial charge in [-0.25, -0.2) is 4.39 Å². The van der Waals surface area contributed by atoms with Gasteiger partial charge in [0.25, 0.3) is 5.91 Å². The molecule has 6 nitrogen and oxygen atoms in total. The lowest BCUT2D eigenvalue weighted by Gasteiger charge is -2.28. The lowest BCUT2D eigenvalue weighted by atomic mass is 10.1. The number of carbonyl (C=O) groups excluding carboxylic acids is 1. The molecule has 0 N–H and O–H groups in total. The fraction of sp³-hybridized carbons (Fsp3) is 0.529. The average molecular weight is 334 g/mol. The van der Waals surface area contributed by atoms with Gasteiger partial charge in [0.15, 0.2) is 0 Å². The van der Waals surface area contributed by atoms with E-state index in [1.165, 1.54) is 6.26 Å². The smallest absolute Gasteiger partial charge is 0.257 e. The van der Waals surface area contributed by atoms with Crippen LogP contribution in [0, 0.1) is 6.92 Å². The van der Waals surface area contributed by atoms with Crippen LogP contribution in [0.3, 0.4) is 0 Å². The van der Waals surface area contributed by atoms with Crippen LogP contribution in [-0.4, -0.2) is 57.8 Å². The van der Waals surface area contributed by atoms with Gasteiger partial charge < -0.3 is 9.32 Å². The molecule has 7 heteroatoms. The van der Waals surface area contributed by atoms with E-state index < -0.39 is 6.17 Å². The highest BCUT2D eigenvalue weighted by Crippen LogP contribution is 2.24. The quantitative estimate of drug-likeness (QED) is 0.839. The van der Waals surface area contributed by atoms with E-state index in [0.717, 1.165) is 5.69 Å². The largest absolute Gasteiger partial charge is 0.469 e. The number of hydrogen-bond acceptors (Lipinski definition) is 4. The summed E-state index contributed by atoms with van der Waals surface area (Å²) < 4.78 is 21.0. The summed E-state index contributed by atoms with van der Waals surface area (Å²) in [6.45, 7) is 3.28. The van der Waals surface area contributed by atoms with Gasteiger partial charge in [-0.05, 0) is 25.5 Å². The van der Waals surface area contributed by atoms with Crippen LogP contribution in [0.25, 0.3) is 0 Å². The van der Waals surface area contributed by atoms with Crippen LogP contribution in [0.1, 0.15) is 28.2 Å². The van der Waals surface area contributed by atoms with E-state index in [1.54, 1.807) is 35.8 Å². The van der Waals surface area contributed by atoms with E-state index in [9.17, 15) is 9.18 Å². The molecule has 0 bridgehead atoms. The highest BCUT2D eigenvalue weighted by molar-refractivity contribution is 5.94. The summed E-state index contributed by atoms with van der Waals surface area (Å²) in [5, 5.41) is 4.16. The minimum absolute atomic E-state index is 0.00365. The Bertz CT molecular complexity index is 711. The molecule has 2 aromatic rings. The second-order valence-corrected chi connectivity index (χ2v) is 6.44. The Balaban J connectivity index is 1.67. The van der Waals surface area contributed by atoms with Crippen molar-refractivity contribution in [2.24, 2.45) is 7.05 Å². The van der Waals surface area contributed by atoms with E-state index in [2.05, 4.69) is 10.00 Å². The summed E-state index contributed by atoms with van der Waals surface area (Å²) in [7, 11) is 3.63. The average Bonchev–Trinajstić information content (AvgIpc) is 3.22. The number of amides is 1. The van der Waals surface area contributed by atoms with Gasteiger partial charge in [-0.15, -0.1) is 0 Å². The van der Waals surface area contributed by atoms with Gasteiger partial charge in [0.1, 0.15) is 11.9 Å². The number of likely N-dealkylation sites (N-methyl/N-ethyl adjacent to an activating group) is 1. The molecule has 1 saturated heterocycles. The second-order valence-electron chi connectivity index (χ2n) is 6.44. The third kappa shape index (κ3) is 3.36. The highest BCUT2D eigenvalue weighted by atomic mass is 19.1. The third-order valence-electron chi connectivity index (χ3n) is 4.68. The van der Waals surface area contributed by atoms with Crippen LogP contribution >= 0.6 is 0 Å². The summed E-state index contributed by atoms with van der Waals surface area (Å²) in [4.78, 5) is 16.3. The molecule has 1 fully saturated rings. The van der Waals surface area contributed by atoms with Crippen LogP contribution in [0.4, 0.5) is 4.39 Å². The molecule has 24 heavy (non-hydrogen) atoms. The molecule has 2 atom stereocenters. The van der Waals surface area contributed by atoms with E-state index in [1.807, 2.05) is 13.1 Å². The van der Waals surface area contributed by atoms with Crippen molar-refractivity contribution in [1.82, 2.24) is 19.6 Å². The number of alkyl halides is 1. The van der Waals surface area contributed by atoms with Gasteiger partial charge in [0.05, 0.1) is 17.5 Å². The van der Waals surface area contributed by atoms with Gasteiger partial charge >= 0.3 is 0 Å². The lowest BCUT2D eigenvalue weighted by Crippen LogP contribution is -2.41. The summed E-state index contributed by atoms with van der Waals surface area (Å²) >= 11 is 0. The van der Waals surface area contributed by atoms with Crippen LogP contribution in [0.5, 0.6) is 0 Å². The first-order chi connectivity index (χ1) is 11.5. The number of carbonyl (C=O) groups is 1. The van der Waals surface area contributed by atoms with Gasteiger partial charge in [0.2, 0.25) is 0 Å². The maximum absolute atomic E-state index is 14.0. The summed E-state index contributed by atoms with van der Waals surface area (Å²) in [6.07, 6.45) is 2.84. The second kappa shape index (κ2) is 6.76. The number of nitrogens with zero attached hydrogens (tertiary/aromatic N) is 4. The van der Waals surface area contributed by atoms with Crippen LogP contribution < -0.4 is 0 Å². The van der Waals surface area contributed by atoms with E-state index in [0.29, 0.717) is 37.4 Å². The number of rotatable bonds is 5. The predicted octanol–water partition coefficient (Wildman–Crippen LogP) is 2.01. The van der Waals surface area contributed by atoms with Gasteiger partial charge in [-0.1, -0.05) is 0 Å². The Morgan fingerprint density at radius 2 is 2.29 bits per heavy atom. The zero-order chi connectivity index (χ0) is 17.3. The molecule has 0 spiro atoms. The van der Waals surface area contributed by atoms with Gasteiger partial charge in [-0.3, -0.25) is 14.4 Å². The molecule has 1 aliphatic heterocycles. The molecule has 3 rings (SSSR count). The van der Waals surface area contributed by atoms with Crippen molar-refractivity contribution in [2.45, 2.75) is 32.1 Å². The SMILES string of the molecule is Cc1occc1C(=O)N(C)C[C@@H]1C[C@H](F)CN1Cc1ccnn1C. The topological polar surface area (TPSA) is 54.5 Å². The first-order valence-corrected chi connectivity index (χ1v) is 8.10. The molecule has 0 aliphatic carbocycles. The highest BCUT2D eigenvalue weighted by Gasteiger charge is 2.34. The standard InChI is InChI=1S/C17H23FN4O2/c1-12-16(5-7-24-12)17(23)20(2)10-15-8-13(18)9-22(15)11-14-4-6-19-21(14)3/h4-7,13,15H,8-11H2,1-3H3/t13-,15-/m0/s1. The maximum atomic E-state index is 14.0. The van der Waals surface area contributed by atoms with Crippen molar-refractivity contribution in [1.29, 1.82) is 0 Å². The van der Waals surface area contributed by atoms with Crippen LogP contribution in [-0.2, 0) is 13.6 Å². The van der Waals surface area contributed by atoms with Crippen molar-refractivity contribution in [3.63, 3.8) is 0 Å². The Morgan fingerprint density at radius 1 is 1.50 bits per heavy atom. The predicted molar refractivity (Wildman–Crippen MR) is 87.3 cm³/mol. The number of aromatic nitrogens is 2. The van der Waals surface area contributed by atoms with Crippen LogP contribution in [0.15, 0.2) is 29.0 Å². The molecule has 0 unspecified atom stereocenters. The number of halogens is 1. The molecule has 130 valence electrons. The molecule has 3 heterocycles. The zero-order valence-corrected chi connectivity index (χ0v) is 14.3. The van der Waals surface area contributed by atoms with Crippen molar-refractivity contribution in [2.75, 3.05) is 20.1 Å². The lowest BCUT2D eigenvalue weighted by molar-refractivity contribution is 0.0747. The molecular formula is C17H23FN4O2. The van der Waals surface area contributed by atoms with Crippen molar-refractivity contribution in [3.05, 3.63) is 41.6 Å². The van der Waals surface area contributed by atoms with E-state index in [4.69, 9.17) is 4.42 Å². The minimum Gasteiger partial charge on any atom is -0.469 e. The molecule has 1 amide bonds. The Hall–Kier alpha value is -2.15. The monoisotopic (exact) mass is 334 g/mol.